The van der Waals surface area contributed by atoms with E-state index in [1.165, 1.54) is 0 Å². The molecule has 5 nitrogen and oxygen atoms in total. The number of rotatable bonds is 3. The van der Waals surface area contributed by atoms with Crippen molar-refractivity contribution < 1.29 is 14.3 Å². The predicted molar refractivity (Wildman–Crippen MR) is 116 cm³/mol. The van der Waals surface area contributed by atoms with Crippen LogP contribution < -0.4 is 15.2 Å². The molecule has 0 bridgehead atoms. The SMILES string of the molecule is N#CC1=C(N)Oc2cc(OC(=O)c3ccc(Br)cc3)ccc2C1c1cccc(Cl)c1. The number of nitrogens with two attached hydrogens (primary N) is 1. The third-order valence-corrected chi connectivity index (χ3v) is 5.43. The minimum atomic E-state index is -0.495. The number of fused-ring (bicyclic) bond motifs is 1. The monoisotopic (exact) mass is 480 g/mol. The van der Waals surface area contributed by atoms with E-state index in [-0.39, 0.29) is 5.88 Å². The molecule has 148 valence electrons. The zero-order valence-electron chi connectivity index (χ0n) is 15.4. The molecule has 0 aromatic heterocycles. The van der Waals surface area contributed by atoms with Crippen LogP contribution in [-0.2, 0) is 0 Å². The number of carbonyl (C=O) groups is 1. The molecule has 1 atom stereocenters. The minimum Gasteiger partial charge on any atom is -0.440 e. The molecule has 0 fully saturated rings. The molecule has 0 spiro atoms. The van der Waals surface area contributed by atoms with E-state index in [4.69, 9.17) is 26.8 Å². The number of carbonyl (C=O) groups excluding carboxylic acids is 1. The molecule has 2 N–H and O–H groups in total. The van der Waals surface area contributed by atoms with Crippen LogP contribution in [0.4, 0.5) is 0 Å². The summed E-state index contributed by atoms with van der Waals surface area (Å²) in [4.78, 5) is 12.4. The third kappa shape index (κ3) is 3.90. The lowest BCUT2D eigenvalue weighted by Gasteiger charge is -2.26. The first-order chi connectivity index (χ1) is 14.5. The molecule has 4 rings (SSSR count). The van der Waals surface area contributed by atoms with E-state index in [1.54, 1.807) is 54.6 Å². The van der Waals surface area contributed by atoms with Crippen LogP contribution in [0, 0.1) is 11.3 Å². The summed E-state index contributed by atoms with van der Waals surface area (Å²) in [5, 5.41) is 10.2. The molecule has 3 aromatic carbocycles. The summed E-state index contributed by atoms with van der Waals surface area (Å²) in [7, 11) is 0. The van der Waals surface area contributed by atoms with Crippen molar-refractivity contribution in [3.05, 3.63) is 104 Å². The first kappa shape index (κ1) is 20.0. The summed E-state index contributed by atoms with van der Waals surface area (Å²) in [6.45, 7) is 0. The highest BCUT2D eigenvalue weighted by Crippen LogP contribution is 2.43. The highest BCUT2D eigenvalue weighted by atomic mass is 79.9. The lowest BCUT2D eigenvalue weighted by atomic mass is 9.83. The topological polar surface area (TPSA) is 85.3 Å². The van der Waals surface area contributed by atoms with Gasteiger partial charge in [-0.15, -0.1) is 0 Å². The molecule has 0 saturated carbocycles. The number of ether oxygens (including phenoxy) is 2. The van der Waals surface area contributed by atoms with Gasteiger partial charge in [-0.3, -0.25) is 0 Å². The lowest BCUT2D eigenvalue weighted by Crippen LogP contribution is -2.21. The maximum atomic E-state index is 12.4. The van der Waals surface area contributed by atoms with E-state index >= 15 is 0 Å². The molecule has 7 heteroatoms. The van der Waals surface area contributed by atoms with Gasteiger partial charge in [0, 0.05) is 21.1 Å². The normalized spacial score (nSPS) is 15.0. The summed E-state index contributed by atoms with van der Waals surface area (Å²) < 4.78 is 12.0. The second-order valence-corrected chi connectivity index (χ2v) is 7.93. The van der Waals surface area contributed by atoms with E-state index in [0.29, 0.717) is 27.7 Å². The van der Waals surface area contributed by atoms with Gasteiger partial charge in [0.1, 0.15) is 23.1 Å². The van der Waals surface area contributed by atoms with Gasteiger partial charge in [0.25, 0.3) is 0 Å². The van der Waals surface area contributed by atoms with Crippen LogP contribution in [-0.4, -0.2) is 5.97 Å². The fourth-order valence-electron chi connectivity index (χ4n) is 3.28. The van der Waals surface area contributed by atoms with Crippen molar-refractivity contribution in [3.63, 3.8) is 0 Å². The first-order valence-electron chi connectivity index (χ1n) is 8.91. The lowest BCUT2D eigenvalue weighted by molar-refractivity contribution is 0.0734. The Morgan fingerprint density at radius 2 is 1.90 bits per heavy atom. The van der Waals surface area contributed by atoms with Crippen molar-refractivity contribution in [1.82, 2.24) is 0 Å². The molecule has 1 unspecified atom stereocenters. The van der Waals surface area contributed by atoms with Gasteiger partial charge in [-0.2, -0.15) is 5.26 Å². The molecule has 0 aliphatic carbocycles. The number of hydrogen-bond donors (Lipinski definition) is 1. The van der Waals surface area contributed by atoms with Gasteiger partial charge in [-0.05, 0) is 48.0 Å². The highest BCUT2D eigenvalue weighted by molar-refractivity contribution is 9.10. The Hall–Kier alpha value is -3.27. The Morgan fingerprint density at radius 3 is 2.60 bits per heavy atom. The predicted octanol–water partition coefficient (Wildman–Crippen LogP) is 5.54. The Kier molecular flexibility index (Phi) is 5.49. The van der Waals surface area contributed by atoms with Crippen molar-refractivity contribution in [2.45, 2.75) is 5.92 Å². The van der Waals surface area contributed by atoms with Gasteiger partial charge in [-0.1, -0.05) is 45.7 Å². The van der Waals surface area contributed by atoms with Crippen LogP contribution in [0.1, 0.15) is 27.4 Å². The van der Waals surface area contributed by atoms with Gasteiger partial charge < -0.3 is 15.2 Å². The molecule has 0 amide bonds. The number of nitriles is 1. The van der Waals surface area contributed by atoms with E-state index in [0.717, 1.165) is 15.6 Å². The van der Waals surface area contributed by atoms with Crippen LogP contribution in [0.5, 0.6) is 11.5 Å². The van der Waals surface area contributed by atoms with E-state index < -0.39 is 11.9 Å². The maximum absolute atomic E-state index is 12.4. The molecule has 1 aliphatic heterocycles. The van der Waals surface area contributed by atoms with Crippen molar-refractivity contribution in [3.8, 4) is 17.6 Å². The number of nitrogens with zero attached hydrogens (tertiary/aromatic N) is 1. The van der Waals surface area contributed by atoms with Crippen molar-refractivity contribution in [1.29, 1.82) is 5.26 Å². The van der Waals surface area contributed by atoms with Crippen LogP contribution in [0.25, 0.3) is 0 Å². The number of allylic oxidation sites excluding steroid dienone is 1. The molecule has 0 saturated heterocycles. The quantitative estimate of drug-likeness (QED) is 0.392. The molecular weight excluding hydrogens is 468 g/mol. The Bertz CT molecular complexity index is 1220. The molecule has 0 radical (unpaired) electrons. The second-order valence-electron chi connectivity index (χ2n) is 6.58. The van der Waals surface area contributed by atoms with Crippen molar-refractivity contribution >= 4 is 33.5 Å². The number of hydrogen-bond acceptors (Lipinski definition) is 5. The number of esters is 1. The Morgan fingerprint density at radius 1 is 1.13 bits per heavy atom. The standard InChI is InChI=1S/C23H14BrClN2O3/c24-15-6-4-13(5-7-15)23(28)29-17-8-9-18-20(11-17)30-22(27)19(12-26)21(18)14-2-1-3-16(25)10-14/h1-11,21H,27H2. The van der Waals surface area contributed by atoms with Gasteiger partial charge in [0.05, 0.1) is 11.5 Å². The van der Waals surface area contributed by atoms with Gasteiger partial charge in [0.15, 0.2) is 0 Å². The fraction of sp³-hybridized carbons (Fsp3) is 0.0435. The van der Waals surface area contributed by atoms with Gasteiger partial charge in [0.2, 0.25) is 5.88 Å². The summed E-state index contributed by atoms with van der Waals surface area (Å²) in [5.41, 5.74) is 8.27. The third-order valence-electron chi connectivity index (χ3n) is 4.66. The maximum Gasteiger partial charge on any atom is 0.343 e. The first-order valence-corrected chi connectivity index (χ1v) is 10.1. The summed E-state index contributed by atoms with van der Waals surface area (Å²) >= 11 is 9.48. The van der Waals surface area contributed by atoms with Crippen LogP contribution >= 0.6 is 27.5 Å². The van der Waals surface area contributed by atoms with Crippen molar-refractivity contribution in [2.24, 2.45) is 5.73 Å². The largest absolute Gasteiger partial charge is 0.440 e. The zero-order chi connectivity index (χ0) is 21.3. The fourth-order valence-corrected chi connectivity index (χ4v) is 3.74. The number of benzene rings is 3. The minimum absolute atomic E-state index is 0.00589. The van der Waals surface area contributed by atoms with Crippen molar-refractivity contribution in [2.75, 3.05) is 0 Å². The molecule has 1 heterocycles. The molecule has 1 aliphatic rings. The van der Waals surface area contributed by atoms with E-state index in [2.05, 4.69) is 22.0 Å². The van der Waals surface area contributed by atoms with Crippen LogP contribution in [0.3, 0.4) is 0 Å². The van der Waals surface area contributed by atoms with Gasteiger partial charge >= 0.3 is 5.97 Å². The molecule has 30 heavy (non-hydrogen) atoms. The highest BCUT2D eigenvalue weighted by Gasteiger charge is 2.31. The average molecular weight is 482 g/mol. The number of halogens is 2. The smallest absolute Gasteiger partial charge is 0.343 e. The zero-order valence-corrected chi connectivity index (χ0v) is 17.8. The second kappa shape index (κ2) is 8.23. The van der Waals surface area contributed by atoms with Gasteiger partial charge in [-0.25, -0.2) is 4.79 Å². The molecular formula is C23H14BrClN2O3. The Labute approximate surface area is 186 Å². The summed E-state index contributed by atoms with van der Waals surface area (Å²) in [6.07, 6.45) is 0. The summed E-state index contributed by atoms with van der Waals surface area (Å²) in [5.74, 6) is -0.205. The van der Waals surface area contributed by atoms with E-state index in [9.17, 15) is 10.1 Å². The van der Waals surface area contributed by atoms with Crippen LogP contribution in [0.15, 0.2) is 82.7 Å². The summed E-state index contributed by atoms with van der Waals surface area (Å²) in [6, 6.07) is 21.2. The Balaban J connectivity index is 1.69. The van der Waals surface area contributed by atoms with Crippen LogP contribution in [0.2, 0.25) is 5.02 Å². The average Bonchev–Trinajstić information content (AvgIpc) is 2.73. The van der Waals surface area contributed by atoms with E-state index in [1.807, 2.05) is 12.1 Å². The molecule has 3 aromatic rings.